The zero-order valence-electron chi connectivity index (χ0n) is 11.8. The van der Waals surface area contributed by atoms with Crippen molar-refractivity contribution >= 4 is 11.8 Å². The van der Waals surface area contributed by atoms with E-state index in [1.165, 1.54) is 0 Å². The molecule has 3 N–H and O–H groups in total. The summed E-state index contributed by atoms with van der Waals surface area (Å²) < 4.78 is 5.33. The first kappa shape index (κ1) is 13.9. The Bertz CT molecular complexity index is 553. The largest absolute Gasteiger partial charge is 0.468 e. The summed E-state index contributed by atoms with van der Waals surface area (Å²) in [5.41, 5.74) is 5.16. The Morgan fingerprint density at radius 2 is 2.14 bits per heavy atom. The molecule has 112 valence electrons. The maximum atomic E-state index is 12.0. The third kappa shape index (κ3) is 2.84. The lowest BCUT2D eigenvalue weighted by Gasteiger charge is -2.47. The average Bonchev–Trinajstić information content (AvgIpc) is 2.91. The van der Waals surface area contributed by atoms with E-state index in [9.17, 15) is 9.59 Å². The van der Waals surface area contributed by atoms with E-state index in [0.717, 1.165) is 25.7 Å². The van der Waals surface area contributed by atoms with Crippen LogP contribution in [0.25, 0.3) is 0 Å². The van der Waals surface area contributed by atoms with E-state index in [1.54, 1.807) is 24.4 Å². The molecule has 21 heavy (non-hydrogen) atoms. The van der Waals surface area contributed by atoms with Gasteiger partial charge >= 0.3 is 0 Å². The molecule has 0 aromatic carbocycles. The summed E-state index contributed by atoms with van der Waals surface area (Å²) in [5, 5.41) is 3.05. The second-order valence-electron chi connectivity index (χ2n) is 6.28. The molecule has 6 nitrogen and oxygen atoms in total. The highest BCUT2D eigenvalue weighted by atomic mass is 16.5. The highest BCUT2D eigenvalue weighted by Crippen LogP contribution is 2.63. The van der Waals surface area contributed by atoms with E-state index < -0.39 is 0 Å². The molecule has 3 aliphatic carbocycles. The monoisotopic (exact) mass is 289 g/mol. The van der Waals surface area contributed by atoms with E-state index in [1.807, 2.05) is 0 Å². The molecular weight excluding hydrogens is 270 g/mol. The molecule has 3 aliphatic rings. The number of nitrogens with two attached hydrogens (primary N) is 1. The number of primary amides is 1. The molecular formula is C15H19N3O3. The number of nitrogens with zero attached hydrogens (tertiary/aromatic N) is 1. The maximum absolute atomic E-state index is 12.0. The van der Waals surface area contributed by atoms with Gasteiger partial charge in [0.1, 0.15) is 0 Å². The highest BCUT2D eigenvalue weighted by Gasteiger charge is 2.61. The topological polar surface area (TPSA) is 94.3 Å². The number of nitrogens with one attached hydrogen (secondary N) is 1. The van der Waals surface area contributed by atoms with E-state index in [2.05, 4.69) is 10.3 Å². The molecule has 0 saturated heterocycles. The fraction of sp³-hybridized carbons (Fsp3) is 0.533. The highest BCUT2D eigenvalue weighted by molar-refractivity contribution is 5.79. The minimum atomic E-state index is -0.254. The molecule has 1 aromatic rings. The Morgan fingerprint density at radius 1 is 1.33 bits per heavy atom. The van der Waals surface area contributed by atoms with Gasteiger partial charge in [-0.3, -0.25) is 9.59 Å². The van der Waals surface area contributed by atoms with Crippen LogP contribution in [-0.4, -0.2) is 28.9 Å². The molecule has 0 aliphatic heterocycles. The van der Waals surface area contributed by atoms with Crippen LogP contribution in [0.3, 0.4) is 0 Å². The summed E-state index contributed by atoms with van der Waals surface area (Å²) in [5.74, 6) is 0.0406. The number of rotatable bonds is 6. The summed E-state index contributed by atoms with van der Waals surface area (Å²) >= 11 is 0. The minimum absolute atomic E-state index is 0.0287. The number of aromatic nitrogens is 1. The first-order valence-electron chi connectivity index (χ1n) is 7.14. The molecule has 2 bridgehead atoms. The van der Waals surface area contributed by atoms with Gasteiger partial charge in [0.2, 0.25) is 11.8 Å². The third-order valence-electron chi connectivity index (χ3n) is 4.50. The third-order valence-corrected chi connectivity index (χ3v) is 4.50. The summed E-state index contributed by atoms with van der Waals surface area (Å²) in [7, 11) is 0. The number of carbonyl (C=O) groups is 2. The molecule has 6 heteroatoms. The number of hydrogen-bond donors (Lipinski definition) is 2. The Hall–Kier alpha value is -2.11. The average molecular weight is 289 g/mol. The van der Waals surface area contributed by atoms with E-state index in [0.29, 0.717) is 12.3 Å². The van der Waals surface area contributed by atoms with Crippen LogP contribution >= 0.6 is 0 Å². The maximum Gasteiger partial charge on any atom is 0.258 e. The molecule has 0 spiro atoms. The van der Waals surface area contributed by atoms with Crippen molar-refractivity contribution in [3.8, 4) is 5.88 Å². The Balaban J connectivity index is 1.48. The van der Waals surface area contributed by atoms with Crippen molar-refractivity contribution in [1.29, 1.82) is 0 Å². The Kier molecular flexibility index (Phi) is 3.31. The van der Waals surface area contributed by atoms with Crippen LogP contribution in [-0.2, 0) is 9.59 Å². The fourth-order valence-electron chi connectivity index (χ4n) is 3.88. The molecule has 0 radical (unpaired) electrons. The van der Waals surface area contributed by atoms with Gasteiger partial charge in [0, 0.05) is 24.2 Å². The summed E-state index contributed by atoms with van der Waals surface area (Å²) in [6.07, 6.45) is 5.60. The standard InChI is InChI=1S/C15H19N3O3/c16-11(19)7-14-4-5-15(9-14,10-14)18-12(20)8-21-13-3-1-2-6-17-13/h1-3,6H,4-5,7-10H2,(H2,16,19)(H,18,20). The van der Waals surface area contributed by atoms with Crippen LogP contribution in [0.1, 0.15) is 32.1 Å². The predicted octanol–water partition coefficient (Wildman–Crippen LogP) is 0.765. The van der Waals surface area contributed by atoms with Gasteiger partial charge in [0.15, 0.2) is 6.61 Å². The number of hydrogen-bond acceptors (Lipinski definition) is 4. The Morgan fingerprint density at radius 3 is 2.81 bits per heavy atom. The summed E-state index contributed by atoms with van der Waals surface area (Å²) in [6, 6.07) is 5.31. The predicted molar refractivity (Wildman–Crippen MR) is 75.3 cm³/mol. The van der Waals surface area contributed by atoms with Gasteiger partial charge in [-0.15, -0.1) is 0 Å². The molecule has 4 rings (SSSR count). The van der Waals surface area contributed by atoms with E-state index in [4.69, 9.17) is 10.5 Å². The smallest absolute Gasteiger partial charge is 0.258 e. The number of ether oxygens (including phenoxy) is 1. The molecule has 0 unspecified atom stereocenters. The Labute approximate surface area is 123 Å². The van der Waals surface area contributed by atoms with Crippen LogP contribution in [0.2, 0.25) is 0 Å². The van der Waals surface area contributed by atoms with Gasteiger partial charge in [-0.2, -0.15) is 0 Å². The van der Waals surface area contributed by atoms with Crippen LogP contribution in [0.15, 0.2) is 24.4 Å². The second-order valence-corrected chi connectivity index (χ2v) is 6.28. The van der Waals surface area contributed by atoms with Crippen molar-refractivity contribution in [2.24, 2.45) is 11.1 Å². The van der Waals surface area contributed by atoms with E-state index in [-0.39, 0.29) is 29.4 Å². The summed E-state index contributed by atoms with van der Waals surface area (Å²) in [4.78, 5) is 27.1. The zero-order chi connectivity index (χ0) is 14.9. The number of fused-ring (bicyclic) bond motifs is 1. The van der Waals surface area contributed by atoms with Crippen LogP contribution in [0, 0.1) is 5.41 Å². The van der Waals surface area contributed by atoms with Crippen molar-refractivity contribution in [3.63, 3.8) is 0 Å². The van der Waals surface area contributed by atoms with Crippen molar-refractivity contribution < 1.29 is 14.3 Å². The quantitative estimate of drug-likeness (QED) is 0.808. The van der Waals surface area contributed by atoms with Gasteiger partial charge in [-0.25, -0.2) is 4.98 Å². The molecule has 2 amide bonds. The molecule has 3 saturated carbocycles. The molecule has 1 heterocycles. The lowest BCUT2D eigenvalue weighted by atomic mass is 9.63. The van der Waals surface area contributed by atoms with Gasteiger partial charge in [0.25, 0.3) is 5.91 Å². The fourth-order valence-corrected chi connectivity index (χ4v) is 3.88. The normalized spacial score (nSPS) is 29.5. The zero-order valence-corrected chi connectivity index (χ0v) is 11.8. The first-order chi connectivity index (χ1) is 10.0. The van der Waals surface area contributed by atoms with Crippen molar-refractivity contribution in [2.75, 3.05) is 6.61 Å². The van der Waals surface area contributed by atoms with Crippen molar-refractivity contribution in [2.45, 2.75) is 37.6 Å². The molecule has 1 aromatic heterocycles. The summed E-state index contributed by atoms with van der Waals surface area (Å²) in [6.45, 7) is -0.0401. The van der Waals surface area contributed by atoms with Crippen molar-refractivity contribution in [3.05, 3.63) is 24.4 Å². The lowest BCUT2D eigenvalue weighted by molar-refractivity contribution is -0.127. The SMILES string of the molecule is NC(=O)CC12CCC(NC(=O)COc3ccccn3)(C1)C2. The van der Waals surface area contributed by atoms with Gasteiger partial charge in [0.05, 0.1) is 0 Å². The van der Waals surface area contributed by atoms with Crippen LogP contribution in [0.5, 0.6) is 5.88 Å². The number of carbonyl (C=O) groups excluding carboxylic acids is 2. The van der Waals surface area contributed by atoms with Gasteiger partial charge in [-0.05, 0) is 37.2 Å². The second kappa shape index (κ2) is 5.02. The lowest BCUT2D eigenvalue weighted by Crippen LogP contribution is -2.57. The first-order valence-corrected chi connectivity index (χ1v) is 7.14. The van der Waals surface area contributed by atoms with Gasteiger partial charge < -0.3 is 15.8 Å². The van der Waals surface area contributed by atoms with Crippen molar-refractivity contribution in [1.82, 2.24) is 10.3 Å². The van der Waals surface area contributed by atoms with E-state index >= 15 is 0 Å². The van der Waals surface area contributed by atoms with Gasteiger partial charge in [-0.1, -0.05) is 6.07 Å². The minimum Gasteiger partial charge on any atom is -0.468 e. The number of pyridine rings is 1. The van der Waals surface area contributed by atoms with Crippen LogP contribution < -0.4 is 15.8 Å². The molecule has 0 atom stereocenters. The van der Waals surface area contributed by atoms with Crippen LogP contribution in [0.4, 0.5) is 0 Å². The molecule has 3 fully saturated rings. The number of amides is 2.